The molecule has 0 radical (unpaired) electrons. The molecule has 0 spiro atoms. The number of amides is 1. The summed E-state index contributed by atoms with van der Waals surface area (Å²) in [6, 6.07) is 12.0. The minimum Gasteiger partial charge on any atom is -0.493 e. The molecule has 1 N–H and O–H groups in total. The maximum absolute atomic E-state index is 14.0. The first-order valence-corrected chi connectivity index (χ1v) is 9.59. The number of aliphatic hydroxyl groups excluding tert-OH is 1. The Morgan fingerprint density at radius 1 is 1.06 bits per heavy atom. The molecule has 31 heavy (non-hydrogen) atoms. The predicted molar refractivity (Wildman–Crippen MR) is 113 cm³/mol. The number of halogens is 1. The van der Waals surface area contributed by atoms with Crippen LogP contribution in [0.1, 0.15) is 34.9 Å². The van der Waals surface area contributed by atoms with Crippen LogP contribution in [0.2, 0.25) is 0 Å². The van der Waals surface area contributed by atoms with Crippen molar-refractivity contribution < 1.29 is 32.9 Å². The van der Waals surface area contributed by atoms with Crippen LogP contribution in [0, 0.1) is 5.82 Å². The van der Waals surface area contributed by atoms with E-state index in [4.69, 9.17) is 18.6 Å². The zero-order valence-electron chi connectivity index (χ0n) is 17.7. The Balaban J connectivity index is 1.93. The molecule has 1 unspecified atom stereocenters. The summed E-state index contributed by atoms with van der Waals surface area (Å²) in [5, 5.41) is 10.5. The first-order chi connectivity index (χ1) is 14.9. The third-order valence-electron chi connectivity index (χ3n) is 4.83. The molecule has 3 aromatic rings. The number of hydrogen-bond donors (Lipinski definition) is 1. The van der Waals surface area contributed by atoms with Gasteiger partial charge in [-0.05, 0) is 25.1 Å². The van der Waals surface area contributed by atoms with Gasteiger partial charge < -0.3 is 28.6 Å². The molecule has 3 rings (SSSR count). The highest BCUT2D eigenvalue weighted by molar-refractivity contribution is 6.04. The van der Waals surface area contributed by atoms with Crippen molar-refractivity contribution in [3.8, 4) is 17.2 Å². The zero-order chi connectivity index (χ0) is 22.5. The van der Waals surface area contributed by atoms with Gasteiger partial charge in [0.25, 0.3) is 5.91 Å². The van der Waals surface area contributed by atoms with Gasteiger partial charge in [-0.15, -0.1) is 0 Å². The van der Waals surface area contributed by atoms with Gasteiger partial charge in [-0.1, -0.05) is 18.2 Å². The zero-order valence-corrected chi connectivity index (χ0v) is 17.7. The molecule has 0 aliphatic carbocycles. The molecule has 1 atom stereocenters. The smallest absolute Gasteiger partial charge is 0.293 e. The monoisotopic (exact) mass is 429 g/mol. The first kappa shape index (κ1) is 22.2. The number of hydrogen-bond acceptors (Lipinski definition) is 6. The molecule has 1 aromatic heterocycles. The molecule has 164 valence electrons. The first-order valence-electron chi connectivity index (χ1n) is 9.59. The van der Waals surface area contributed by atoms with Crippen molar-refractivity contribution in [1.82, 2.24) is 0 Å². The highest BCUT2D eigenvalue weighted by Crippen LogP contribution is 2.41. The lowest BCUT2D eigenvalue weighted by Crippen LogP contribution is -2.30. The topological polar surface area (TPSA) is 81.4 Å². The normalized spacial score (nSPS) is 11.7. The second-order valence-corrected chi connectivity index (χ2v) is 6.56. The van der Waals surface area contributed by atoms with E-state index in [1.54, 1.807) is 25.1 Å². The molecule has 0 saturated carbocycles. The quantitative estimate of drug-likeness (QED) is 0.578. The number of nitrogens with zero attached hydrogens (tertiary/aromatic N) is 1. The molecule has 0 bridgehead atoms. The van der Waals surface area contributed by atoms with E-state index in [0.717, 1.165) is 0 Å². The minimum atomic E-state index is -1.33. The Morgan fingerprint density at radius 3 is 2.26 bits per heavy atom. The van der Waals surface area contributed by atoms with Crippen LogP contribution in [0.3, 0.4) is 0 Å². The van der Waals surface area contributed by atoms with Gasteiger partial charge >= 0.3 is 0 Å². The average molecular weight is 429 g/mol. The fourth-order valence-corrected chi connectivity index (χ4v) is 3.26. The second-order valence-electron chi connectivity index (χ2n) is 6.56. The maximum atomic E-state index is 14.0. The lowest BCUT2D eigenvalue weighted by Gasteiger charge is -2.22. The number of benzene rings is 2. The van der Waals surface area contributed by atoms with Crippen molar-refractivity contribution in [1.29, 1.82) is 0 Å². The Hall–Kier alpha value is -3.52. The fraction of sp³-hybridized carbons (Fsp3) is 0.261. The summed E-state index contributed by atoms with van der Waals surface area (Å²) in [6.07, 6.45) is -1.33. The minimum absolute atomic E-state index is 0.000918. The van der Waals surface area contributed by atoms with E-state index in [0.29, 0.717) is 29.5 Å². The third-order valence-corrected chi connectivity index (χ3v) is 4.83. The van der Waals surface area contributed by atoms with E-state index in [-0.39, 0.29) is 17.1 Å². The number of rotatable bonds is 8. The van der Waals surface area contributed by atoms with E-state index in [9.17, 15) is 14.3 Å². The van der Waals surface area contributed by atoms with Gasteiger partial charge in [0.05, 0.1) is 27.0 Å². The Bertz CT molecular complexity index is 1040. The molecule has 7 nitrogen and oxygen atoms in total. The Labute approximate surface area is 179 Å². The van der Waals surface area contributed by atoms with Gasteiger partial charge in [0.2, 0.25) is 5.75 Å². The van der Waals surface area contributed by atoms with Gasteiger partial charge in [-0.2, -0.15) is 0 Å². The van der Waals surface area contributed by atoms with Gasteiger partial charge in [-0.25, -0.2) is 4.39 Å². The summed E-state index contributed by atoms with van der Waals surface area (Å²) in [5.41, 5.74) is 0.572. The van der Waals surface area contributed by atoms with Gasteiger partial charge in [0, 0.05) is 24.2 Å². The molecule has 0 fully saturated rings. The predicted octanol–water partition coefficient (Wildman–Crippen LogP) is 4.19. The van der Waals surface area contributed by atoms with Gasteiger partial charge in [0.15, 0.2) is 17.3 Å². The molecule has 1 heterocycles. The van der Waals surface area contributed by atoms with Crippen LogP contribution in [-0.2, 0) is 0 Å². The van der Waals surface area contributed by atoms with Crippen LogP contribution in [-0.4, -0.2) is 38.9 Å². The van der Waals surface area contributed by atoms with Crippen LogP contribution in [0.5, 0.6) is 17.2 Å². The highest BCUT2D eigenvalue weighted by Gasteiger charge is 2.25. The fourth-order valence-electron chi connectivity index (χ4n) is 3.26. The standard InChI is InChI=1S/C23H24FNO6/c1-5-25(14-12-19(28-2)22(30-4)20(13-14)29-3)23(27)18-11-10-17(31-18)21(26)15-8-6-7-9-16(15)24/h6-13,21,26H,5H2,1-4H3. The number of carbonyl (C=O) groups is 1. The van der Waals surface area contributed by atoms with Crippen molar-refractivity contribution in [3.63, 3.8) is 0 Å². The molecular weight excluding hydrogens is 405 g/mol. The van der Waals surface area contributed by atoms with Crippen LogP contribution < -0.4 is 19.1 Å². The molecular formula is C23H24FNO6. The SMILES string of the molecule is CCN(C(=O)c1ccc(C(O)c2ccccc2F)o1)c1cc(OC)c(OC)c(OC)c1. The number of aliphatic hydroxyl groups is 1. The molecule has 2 aromatic carbocycles. The van der Waals surface area contributed by atoms with Crippen LogP contribution in [0.15, 0.2) is 52.9 Å². The average Bonchev–Trinajstić information content (AvgIpc) is 3.29. The molecule has 8 heteroatoms. The summed E-state index contributed by atoms with van der Waals surface area (Å²) >= 11 is 0. The molecule has 0 aliphatic rings. The van der Waals surface area contributed by atoms with E-state index >= 15 is 0 Å². The number of methoxy groups -OCH3 is 3. The van der Waals surface area contributed by atoms with Crippen molar-refractivity contribution in [2.24, 2.45) is 0 Å². The molecule has 0 saturated heterocycles. The van der Waals surface area contributed by atoms with Crippen molar-refractivity contribution in [2.75, 3.05) is 32.8 Å². The summed E-state index contributed by atoms with van der Waals surface area (Å²) in [7, 11) is 4.47. The number of furan rings is 1. The van der Waals surface area contributed by atoms with E-state index < -0.39 is 17.8 Å². The van der Waals surface area contributed by atoms with Crippen LogP contribution in [0.4, 0.5) is 10.1 Å². The van der Waals surface area contributed by atoms with Crippen LogP contribution in [0.25, 0.3) is 0 Å². The summed E-state index contributed by atoms with van der Waals surface area (Å²) in [6.45, 7) is 2.13. The van der Waals surface area contributed by atoms with Crippen molar-refractivity contribution >= 4 is 11.6 Å². The lowest BCUT2D eigenvalue weighted by molar-refractivity contribution is 0.0953. The summed E-state index contributed by atoms with van der Waals surface area (Å²) in [5.74, 6) is 0.271. The number of ether oxygens (including phenoxy) is 3. The van der Waals surface area contributed by atoms with Crippen molar-refractivity contribution in [2.45, 2.75) is 13.0 Å². The van der Waals surface area contributed by atoms with Gasteiger partial charge in [0.1, 0.15) is 17.7 Å². The lowest BCUT2D eigenvalue weighted by atomic mass is 10.1. The summed E-state index contributed by atoms with van der Waals surface area (Å²) in [4.78, 5) is 14.6. The third kappa shape index (κ3) is 4.34. The highest BCUT2D eigenvalue weighted by atomic mass is 19.1. The largest absolute Gasteiger partial charge is 0.493 e. The van der Waals surface area contributed by atoms with Crippen LogP contribution >= 0.6 is 0 Å². The number of carbonyl (C=O) groups excluding carboxylic acids is 1. The maximum Gasteiger partial charge on any atom is 0.293 e. The molecule has 0 aliphatic heterocycles. The number of anilines is 1. The summed E-state index contributed by atoms with van der Waals surface area (Å²) < 4.78 is 35.6. The van der Waals surface area contributed by atoms with E-state index in [1.165, 1.54) is 56.6 Å². The van der Waals surface area contributed by atoms with E-state index in [1.807, 2.05) is 0 Å². The molecule has 1 amide bonds. The Kier molecular flexibility index (Phi) is 6.81. The van der Waals surface area contributed by atoms with Crippen molar-refractivity contribution in [3.05, 3.63) is 71.4 Å². The van der Waals surface area contributed by atoms with Gasteiger partial charge in [-0.3, -0.25) is 4.79 Å². The van der Waals surface area contributed by atoms with E-state index in [2.05, 4.69) is 0 Å². The Morgan fingerprint density at radius 2 is 1.71 bits per heavy atom. The second kappa shape index (κ2) is 9.53.